The second kappa shape index (κ2) is 3.73. The fourth-order valence-corrected chi connectivity index (χ4v) is 1.72. The van der Waals surface area contributed by atoms with Crippen molar-refractivity contribution in [1.82, 2.24) is 4.98 Å². The number of carbonyl (C=O) groups is 1. The van der Waals surface area contributed by atoms with Crippen molar-refractivity contribution in [2.45, 2.75) is 13.3 Å². The van der Waals surface area contributed by atoms with Crippen molar-refractivity contribution in [3.63, 3.8) is 0 Å². The number of allylic oxidation sites excluding steroid dienone is 1. The van der Waals surface area contributed by atoms with Crippen LogP contribution in [0.25, 0.3) is 10.9 Å². The zero-order chi connectivity index (χ0) is 10.8. The molecular weight excluding hydrogens is 186 g/mol. The van der Waals surface area contributed by atoms with Crippen LogP contribution in [0.5, 0.6) is 0 Å². The van der Waals surface area contributed by atoms with E-state index < -0.39 is 0 Å². The maximum Gasteiger partial charge on any atom is 0.159 e. The Kier molecular flexibility index (Phi) is 2.42. The van der Waals surface area contributed by atoms with E-state index in [-0.39, 0.29) is 5.78 Å². The maximum absolute atomic E-state index is 11.2. The van der Waals surface area contributed by atoms with Gasteiger partial charge in [-0.1, -0.05) is 6.08 Å². The number of Topliss-reactive ketones (excluding diaryl/α,β-unsaturated/α-hetero) is 1. The number of carbonyl (C=O) groups excluding carboxylic acids is 1. The van der Waals surface area contributed by atoms with E-state index in [2.05, 4.69) is 11.6 Å². The normalized spacial score (nSPS) is 10.5. The molecule has 2 aromatic rings. The molecule has 2 nitrogen and oxygen atoms in total. The van der Waals surface area contributed by atoms with Crippen molar-refractivity contribution < 1.29 is 4.79 Å². The molecule has 1 aromatic carbocycles. The Labute approximate surface area is 88.6 Å². The van der Waals surface area contributed by atoms with E-state index in [0.717, 1.165) is 22.9 Å². The Morgan fingerprint density at radius 3 is 3.00 bits per heavy atom. The Bertz CT molecular complexity index is 522. The third-order valence-electron chi connectivity index (χ3n) is 2.54. The molecule has 0 aliphatic heterocycles. The molecule has 0 saturated heterocycles. The largest absolute Gasteiger partial charge is 0.361 e. The molecular formula is C13H13NO. The molecule has 0 fully saturated rings. The molecule has 1 aromatic heterocycles. The summed E-state index contributed by atoms with van der Waals surface area (Å²) in [6.07, 6.45) is 4.65. The first-order chi connectivity index (χ1) is 7.22. The summed E-state index contributed by atoms with van der Waals surface area (Å²) in [5, 5.41) is 1.11. The van der Waals surface area contributed by atoms with Crippen LogP contribution in [0.2, 0.25) is 0 Å². The molecule has 2 rings (SSSR count). The smallest absolute Gasteiger partial charge is 0.159 e. The van der Waals surface area contributed by atoms with Crippen LogP contribution in [-0.2, 0) is 6.42 Å². The minimum Gasteiger partial charge on any atom is -0.361 e. The highest BCUT2D eigenvalue weighted by Gasteiger charge is 2.05. The number of benzene rings is 1. The van der Waals surface area contributed by atoms with Crippen LogP contribution in [0.1, 0.15) is 22.8 Å². The van der Waals surface area contributed by atoms with Gasteiger partial charge in [0.1, 0.15) is 0 Å². The third kappa shape index (κ3) is 1.71. The second-order valence-electron chi connectivity index (χ2n) is 3.62. The van der Waals surface area contributed by atoms with Crippen molar-refractivity contribution in [2.75, 3.05) is 0 Å². The predicted octanol–water partition coefficient (Wildman–Crippen LogP) is 3.10. The minimum atomic E-state index is 0.0997. The van der Waals surface area contributed by atoms with Crippen LogP contribution in [0.4, 0.5) is 0 Å². The van der Waals surface area contributed by atoms with Crippen molar-refractivity contribution in [1.29, 1.82) is 0 Å². The molecule has 0 amide bonds. The van der Waals surface area contributed by atoms with Crippen LogP contribution >= 0.6 is 0 Å². The van der Waals surface area contributed by atoms with E-state index >= 15 is 0 Å². The predicted molar refractivity (Wildman–Crippen MR) is 62.2 cm³/mol. The lowest BCUT2D eigenvalue weighted by Gasteiger charge is -1.97. The Hall–Kier alpha value is -1.83. The molecule has 76 valence electrons. The first-order valence-electron chi connectivity index (χ1n) is 4.94. The van der Waals surface area contributed by atoms with Crippen LogP contribution in [0.3, 0.4) is 0 Å². The minimum absolute atomic E-state index is 0.0997. The van der Waals surface area contributed by atoms with Gasteiger partial charge in [0.25, 0.3) is 0 Å². The van der Waals surface area contributed by atoms with Gasteiger partial charge in [-0.15, -0.1) is 6.58 Å². The molecule has 0 atom stereocenters. The molecule has 0 bridgehead atoms. The van der Waals surface area contributed by atoms with E-state index in [9.17, 15) is 4.79 Å². The van der Waals surface area contributed by atoms with E-state index in [1.165, 1.54) is 5.56 Å². The molecule has 0 aliphatic carbocycles. The first-order valence-corrected chi connectivity index (χ1v) is 4.94. The summed E-state index contributed by atoms with van der Waals surface area (Å²) in [6.45, 7) is 5.30. The second-order valence-corrected chi connectivity index (χ2v) is 3.62. The maximum atomic E-state index is 11.2. The lowest BCUT2D eigenvalue weighted by molar-refractivity contribution is 0.101. The van der Waals surface area contributed by atoms with Crippen molar-refractivity contribution >= 4 is 16.7 Å². The molecule has 1 heterocycles. The average molecular weight is 199 g/mol. The lowest BCUT2D eigenvalue weighted by Crippen LogP contribution is -1.91. The molecule has 15 heavy (non-hydrogen) atoms. The molecule has 2 heteroatoms. The SMILES string of the molecule is C=CCc1c[nH]c2ccc(C(C)=O)cc12. The third-order valence-corrected chi connectivity index (χ3v) is 2.54. The number of hydrogen-bond acceptors (Lipinski definition) is 1. The van der Waals surface area contributed by atoms with Gasteiger partial charge in [0.05, 0.1) is 0 Å². The summed E-state index contributed by atoms with van der Waals surface area (Å²) in [7, 11) is 0. The number of nitrogens with one attached hydrogen (secondary N) is 1. The van der Waals surface area contributed by atoms with Crippen LogP contribution in [0, 0.1) is 0 Å². The molecule has 0 saturated carbocycles. The number of H-pyrrole nitrogens is 1. The molecule has 0 aliphatic rings. The number of hydrogen-bond donors (Lipinski definition) is 1. The van der Waals surface area contributed by atoms with E-state index in [0.29, 0.717) is 0 Å². The van der Waals surface area contributed by atoms with Crippen molar-refractivity contribution in [3.05, 3.63) is 48.2 Å². The van der Waals surface area contributed by atoms with Crippen LogP contribution < -0.4 is 0 Å². The fraction of sp³-hybridized carbons (Fsp3) is 0.154. The number of fused-ring (bicyclic) bond motifs is 1. The first kappa shape index (κ1) is 9.71. The highest BCUT2D eigenvalue weighted by atomic mass is 16.1. The Morgan fingerprint density at radius 2 is 2.33 bits per heavy atom. The van der Waals surface area contributed by atoms with Gasteiger partial charge in [0.2, 0.25) is 0 Å². The number of aromatic amines is 1. The number of ketones is 1. The summed E-state index contributed by atoms with van der Waals surface area (Å²) < 4.78 is 0. The zero-order valence-corrected chi connectivity index (χ0v) is 8.71. The van der Waals surface area contributed by atoms with Gasteiger partial charge in [-0.2, -0.15) is 0 Å². The van der Waals surface area contributed by atoms with Gasteiger partial charge in [-0.3, -0.25) is 4.79 Å². The van der Waals surface area contributed by atoms with E-state index in [1.807, 2.05) is 30.5 Å². The van der Waals surface area contributed by atoms with Gasteiger partial charge in [-0.05, 0) is 37.1 Å². The van der Waals surface area contributed by atoms with Gasteiger partial charge >= 0.3 is 0 Å². The zero-order valence-electron chi connectivity index (χ0n) is 8.71. The highest BCUT2D eigenvalue weighted by Crippen LogP contribution is 2.20. The monoisotopic (exact) mass is 199 g/mol. The summed E-state index contributed by atoms with van der Waals surface area (Å²) in [5.41, 5.74) is 3.01. The van der Waals surface area contributed by atoms with Gasteiger partial charge < -0.3 is 4.98 Å². The average Bonchev–Trinajstić information content (AvgIpc) is 2.61. The van der Waals surface area contributed by atoms with E-state index in [1.54, 1.807) is 6.92 Å². The quantitative estimate of drug-likeness (QED) is 0.598. The van der Waals surface area contributed by atoms with Gasteiger partial charge in [0, 0.05) is 22.7 Å². The molecule has 0 radical (unpaired) electrons. The van der Waals surface area contributed by atoms with Gasteiger partial charge in [-0.25, -0.2) is 0 Å². The fourth-order valence-electron chi connectivity index (χ4n) is 1.72. The summed E-state index contributed by atoms with van der Waals surface area (Å²) in [4.78, 5) is 14.4. The molecule has 0 unspecified atom stereocenters. The summed E-state index contributed by atoms with van der Waals surface area (Å²) in [6, 6.07) is 5.73. The standard InChI is InChI=1S/C13H13NO/c1-3-4-11-8-14-13-6-5-10(9(2)15)7-12(11)13/h3,5-8,14H,1,4H2,2H3. The summed E-state index contributed by atoms with van der Waals surface area (Å²) in [5.74, 6) is 0.0997. The lowest BCUT2D eigenvalue weighted by atomic mass is 10.1. The Balaban J connectivity index is 2.60. The van der Waals surface area contributed by atoms with Crippen molar-refractivity contribution in [3.8, 4) is 0 Å². The topological polar surface area (TPSA) is 32.9 Å². The van der Waals surface area contributed by atoms with Gasteiger partial charge in [0.15, 0.2) is 5.78 Å². The van der Waals surface area contributed by atoms with E-state index in [4.69, 9.17) is 0 Å². The number of aromatic nitrogens is 1. The number of rotatable bonds is 3. The Morgan fingerprint density at radius 1 is 1.53 bits per heavy atom. The summed E-state index contributed by atoms with van der Waals surface area (Å²) >= 11 is 0. The van der Waals surface area contributed by atoms with Crippen molar-refractivity contribution in [2.24, 2.45) is 0 Å². The molecule has 0 spiro atoms. The van der Waals surface area contributed by atoms with Crippen LogP contribution in [0.15, 0.2) is 37.1 Å². The highest BCUT2D eigenvalue weighted by molar-refractivity contribution is 5.98. The van der Waals surface area contributed by atoms with Crippen LogP contribution in [-0.4, -0.2) is 10.8 Å². The molecule has 1 N–H and O–H groups in total.